The predicted molar refractivity (Wildman–Crippen MR) is 517 cm³/mol. The molecule has 0 bridgehead atoms. The molecule has 39 heteroatoms. The van der Waals surface area contributed by atoms with Gasteiger partial charge in [-0.1, -0.05) is 248 Å². The number of esters is 1. The molecule has 10 heterocycles. The number of aliphatic carboxylic acids is 1. The number of aliphatic hydroxyl groups is 2. The molecule has 0 spiro atoms. The number of fused-ring (bicyclic) bond motifs is 1. The number of alkyl halides is 5. The van der Waals surface area contributed by atoms with E-state index in [9.17, 15) is 27.9 Å². The molecule has 0 amide bonds. The molecular formula is C85H129Br6Cl4F3O21Si4Sn. The second-order valence-electron chi connectivity index (χ2n) is 37.4. The fourth-order valence-electron chi connectivity index (χ4n) is 12.9. The van der Waals surface area contributed by atoms with Gasteiger partial charge in [0.15, 0.2) is 28.9 Å². The summed E-state index contributed by atoms with van der Waals surface area (Å²) in [6.07, 6.45) is 12.8. The van der Waals surface area contributed by atoms with Crippen LogP contribution in [0, 0.1) is 87.8 Å². The first kappa shape index (κ1) is 118. The molecule has 10 aliphatic heterocycles. The molecule has 11 rings (SSSR count). The number of allylic oxidation sites excluding steroid dienone is 1. The number of carboxylic acid groups (broad SMARTS) is 1. The van der Waals surface area contributed by atoms with Gasteiger partial charge in [-0.2, -0.15) is 13.2 Å². The van der Waals surface area contributed by atoms with Gasteiger partial charge in [-0.15, -0.1) is 28.6 Å². The Morgan fingerprint density at radius 2 is 0.927 bits per heavy atom. The van der Waals surface area contributed by atoms with E-state index in [1.54, 1.807) is 12.3 Å². The maximum atomic E-state index is 11.1. The Labute approximate surface area is 808 Å². The molecule has 6 fully saturated rings. The molecule has 11 aliphatic rings. The average Bonchev–Trinajstić information content (AvgIpc) is 1.53. The summed E-state index contributed by atoms with van der Waals surface area (Å²) in [6, 6.07) is 0. The van der Waals surface area contributed by atoms with E-state index in [4.69, 9.17) is 128 Å². The van der Waals surface area contributed by atoms with Crippen LogP contribution < -0.4 is 0 Å². The van der Waals surface area contributed by atoms with Crippen LogP contribution >= 0.6 is 131 Å². The van der Waals surface area contributed by atoms with E-state index in [1.165, 1.54) is 19.9 Å². The van der Waals surface area contributed by atoms with E-state index in [1.807, 2.05) is 94.4 Å². The molecule has 0 aromatic heterocycles. The number of carbonyl (C=O) groups excluding carboxylic acids is 2. The van der Waals surface area contributed by atoms with E-state index in [0.717, 1.165) is 17.9 Å². The Kier molecular flexibility index (Phi) is 47.8. The number of terminal acetylenes is 1. The zero-order valence-electron chi connectivity index (χ0n) is 76.1. The number of hydrogen-bond acceptors (Lipinski definition) is 20. The van der Waals surface area contributed by atoms with Crippen molar-refractivity contribution in [2.75, 3.05) is 33.0 Å². The SMILES string of the molecule is C#C[C@H]1O[C@H](C=CC(C)=O)[C@H](C)C=C1Br.CC(=O)OC1OC([C@H]2COC(C)(C)O2)[C@H](C)C=C1Br.C[C@@H]1C2C(O[C@@H]1[C@H]1COC(C)(C)O1)C2(Br)Br.C[C@@H]1C=C(Br)[C@@H](C#C[Si](C)(C)C)O[C@@H]1[C@H](O)CO.C[C@@H]1C=C(Br)[C@@H](C#C[Si](C)(C)C)O[C@@H]1[C@H]1COC(C)(C)O1.C[C@@H]1C=CO[C@@H]1[C@H]1COC(C)(C)O1.C[Si](C)(C)C#C[Si](C)(C)C.O=C(O)C(F)(F)F.[Cl][Sn]([Cl])([Cl])[Cl]. The number of halogens is 13. The predicted octanol–water partition coefficient (Wildman–Crippen LogP) is 20.5. The quantitative estimate of drug-likeness (QED) is 0.0638. The van der Waals surface area contributed by atoms with Gasteiger partial charge in [-0.3, -0.25) is 9.59 Å². The second kappa shape index (κ2) is 50.2. The average molecular weight is 2400 g/mol. The zero-order chi connectivity index (χ0) is 95.6. The first-order valence-electron chi connectivity index (χ1n) is 40.7. The molecule has 4 unspecified atom stereocenters. The van der Waals surface area contributed by atoms with Gasteiger partial charge in [0.1, 0.15) is 90.5 Å². The zero-order valence-corrected chi connectivity index (χ0v) is 95.5. The molecule has 0 aromatic rings. The van der Waals surface area contributed by atoms with Crippen molar-refractivity contribution in [3.05, 3.63) is 66.7 Å². The molecule has 1 saturated carbocycles. The number of rotatable bonds is 9. The summed E-state index contributed by atoms with van der Waals surface area (Å²) in [7, 11) is 15.1. The van der Waals surface area contributed by atoms with Crippen LogP contribution in [-0.2, 0) is 85.4 Å². The van der Waals surface area contributed by atoms with Gasteiger partial charge >= 0.3 is 67.7 Å². The molecule has 5 saturated heterocycles. The summed E-state index contributed by atoms with van der Waals surface area (Å²) in [5.41, 5.74) is 13.5. The molecule has 0 radical (unpaired) electrons. The van der Waals surface area contributed by atoms with E-state index < -0.39 is 100.0 Å². The fourth-order valence-corrected chi connectivity index (χ4v) is 21.4. The van der Waals surface area contributed by atoms with Crippen LogP contribution in [0.5, 0.6) is 0 Å². The van der Waals surface area contributed by atoms with Crippen LogP contribution in [0.2, 0.25) is 78.6 Å². The number of ether oxygens (including phenoxy) is 15. The third-order valence-corrected chi connectivity index (χ3v) is 27.2. The van der Waals surface area contributed by atoms with E-state index in [-0.39, 0.29) is 125 Å². The summed E-state index contributed by atoms with van der Waals surface area (Å²) in [6.45, 7) is 59.7. The van der Waals surface area contributed by atoms with E-state index in [0.29, 0.717) is 44.2 Å². The van der Waals surface area contributed by atoms with Gasteiger partial charge in [0.2, 0.25) is 6.29 Å². The summed E-state index contributed by atoms with van der Waals surface area (Å²) in [5, 5.41) is 25.9. The molecule has 21 nitrogen and oxygen atoms in total. The number of carbonyl (C=O) groups is 3. The van der Waals surface area contributed by atoms with Gasteiger partial charge in [0.25, 0.3) is 0 Å². The Balaban J connectivity index is 0.000000368. The topological polar surface area (TPSA) is 250 Å². The number of carboxylic acids is 1. The molecule has 0 aromatic carbocycles. The van der Waals surface area contributed by atoms with Gasteiger partial charge < -0.3 is 86.4 Å². The van der Waals surface area contributed by atoms with Crippen molar-refractivity contribution in [3.63, 3.8) is 0 Å². The van der Waals surface area contributed by atoms with Crippen LogP contribution in [-0.4, -0.2) is 243 Å². The third-order valence-electron chi connectivity index (χ3n) is 18.8. The first-order valence-corrected chi connectivity index (χ1v) is 73.9. The molecular weight excluding hydrogens is 2270 g/mol. The van der Waals surface area contributed by atoms with Crippen molar-refractivity contribution in [1.82, 2.24) is 0 Å². The van der Waals surface area contributed by atoms with Gasteiger partial charge in [0.05, 0.1) is 80.4 Å². The summed E-state index contributed by atoms with van der Waals surface area (Å²) < 4.78 is 121. The maximum absolute atomic E-state index is 11.1. The number of aliphatic hydroxyl groups excluding tert-OH is 2. The van der Waals surface area contributed by atoms with Crippen LogP contribution in [0.4, 0.5) is 13.2 Å². The molecule has 3 N–H and O–H groups in total. The standard InChI is InChI=1S/C16H25BrO3Si.C13H19BrO5.C13H21BrO3Si.C12H13BrO2.C11H16Br2O3.C10H16O3.C8H18Si2.C2HF3O2.4ClH.Sn/c1-11-9-12(17)13(7-8-21(4,5)6)19-15(11)14-10-18-16(2,3)20-14;1-7-5-9(14)12(17-8(2)15)18-11(7)10-6-16-13(3,4)19-10;1-9-7-10(14)12(5-6-18(2,3)4)17-13(9)11(16)8-15;1-4-11-10(13)7-8(2)12(15-11)6-5-9(3)14;1-5-7-9(11(7,12)13)15-8(5)6-4-14-10(2,3)16-6;1-7-4-5-11-9(7)8-6-12-10(2,3)13-8;1-9(2,3)7-8-10(4,5)6;3-2(4,5)1(6)7;;;;;/h9,11,13-15H,10H2,1-6H3;5,7,10-12H,6H2,1-4H3;7,9,11-13,15-16H,8H2,1-4H3;1,5-8,11-12H,2-3H3;5-9H,4H2,1-3H3;4-5,7-9H,6H2,1-3H3;1-6H3;(H,6,7);4*1H;/q;;;;;;;;;;;;+4/p-4/t11-,13-,14-,15+;7-,10-,11?,12?;9-,11-,12-,13+;8-,11-,12-;5-,6-,7?,8+,9?;7-,8-,9+;;;;;;;/m111111......./s1. The Hall–Kier alpha value is -0.0138. The minimum absolute atomic E-state index is 0.00486. The molecule has 1 aliphatic carbocycles. The van der Waals surface area contributed by atoms with Crippen molar-refractivity contribution >= 4 is 195 Å². The number of ketones is 1. The molecule has 124 heavy (non-hydrogen) atoms. The van der Waals surface area contributed by atoms with Gasteiger partial charge in [-0.25, -0.2) is 4.79 Å². The second-order valence-corrected chi connectivity index (χ2v) is 89.2. The van der Waals surface area contributed by atoms with Gasteiger partial charge in [-0.05, 0) is 96.3 Å². The van der Waals surface area contributed by atoms with Crippen LogP contribution in [0.15, 0.2) is 66.7 Å². The van der Waals surface area contributed by atoms with Crippen molar-refractivity contribution in [2.45, 2.75) is 320 Å². The molecule has 23 atom stereocenters. The summed E-state index contributed by atoms with van der Waals surface area (Å²) >= 11 is 17.8. The Morgan fingerprint density at radius 3 is 1.26 bits per heavy atom. The molecule has 706 valence electrons. The summed E-state index contributed by atoms with van der Waals surface area (Å²) in [4.78, 5) is 30.8. The van der Waals surface area contributed by atoms with Crippen LogP contribution in [0.3, 0.4) is 0 Å². The Bertz CT molecular complexity index is 3940. The van der Waals surface area contributed by atoms with E-state index >= 15 is 0 Å². The fraction of sp³-hybridized carbons (Fsp3) is 0.729. The van der Waals surface area contributed by atoms with Crippen molar-refractivity contribution < 1.29 is 114 Å². The van der Waals surface area contributed by atoms with E-state index in [2.05, 4.69) is 247 Å². The van der Waals surface area contributed by atoms with Crippen LogP contribution in [0.25, 0.3) is 0 Å². The van der Waals surface area contributed by atoms with Crippen molar-refractivity contribution in [3.8, 4) is 46.4 Å². The monoisotopic (exact) mass is 2390 g/mol. The van der Waals surface area contributed by atoms with Gasteiger partial charge in [0, 0.05) is 55.9 Å². The van der Waals surface area contributed by atoms with Crippen LogP contribution in [0.1, 0.15) is 111 Å². The first-order chi connectivity index (χ1) is 56.2. The third kappa shape index (κ3) is 43.8. The minimum atomic E-state index is -5.08. The number of hydrogen-bond donors (Lipinski definition) is 3. The summed E-state index contributed by atoms with van der Waals surface area (Å²) in [5.74, 6) is 5.92. The Morgan fingerprint density at radius 1 is 0.565 bits per heavy atom. The normalized spacial score (nSPS) is 33.3. The van der Waals surface area contributed by atoms with Crippen molar-refractivity contribution in [2.24, 2.45) is 41.4 Å². The van der Waals surface area contributed by atoms with Crippen molar-refractivity contribution in [1.29, 1.82) is 0 Å².